The summed E-state index contributed by atoms with van der Waals surface area (Å²) in [7, 11) is 0. The largest absolute Gasteiger partial charge is 0.490 e. The third kappa shape index (κ3) is 32.5. The Morgan fingerprint density at radius 3 is 0.731 bits per heavy atom. The zero-order valence-electron chi connectivity index (χ0n) is 44.7. The van der Waals surface area contributed by atoms with E-state index < -0.39 is 0 Å². The Balaban J connectivity index is 2.09. The van der Waals surface area contributed by atoms with Crippen LogP contribution in [0.2, 0.25) is 0 Å². The SMILES string of the molecule is CCCCCCCCCCCCOc1ccc(C(=NN)c2ccc(OCCCCCCCCCCCC)c(OCCCCCCCCCCCC)c2)cc1OCCCCCCCCCCCC. The lowest BCUT2D eigenvalue weighted by molar-refractivity contribution is 0.258. The molecule has 0 fully saturated rings. The van der Waals surface area contributed by atoms with Gasteiger partial charge in [0.2, 0.25) is 0 Å². The Bertz CT molecular complexity index is 1310. The van der Waals surface area contributed by atoms with Crippen molar-refractivity contribution in [3.63, 3.8) is 0 Å². The smallest absolute Gasteiger partial charge is 0.161 e. The summed E-state index contributed by atoms with van der Waals surface area (Å²) in [6.07, 6.45) is 52.1. The van der Waals surface area contributed by atoms with E-state index in [1.807, 2.05) is 0 Å². The van der Waals surface area contributed by atoms with Crippen molar-refractivity contribution >= 4 is 5.71 Å². The first-order valence-electron chi connectivity index (χ1n) is 29.3. The fraction of sp³-hybridized carbons (Fsp3) is 0.787. The van der Waals surface area contributed by atoms with Gasteiger partial charge >= 0.3 is 0 Å². The summed E-state index contributed by atoms with van der Waals surface area (Å²) in [4.78, 5) is 0. The van der Waals surface area contributed by atoms with Crippen molar-refractivity contribution in [3.05, 3.63) is 47.5 Å². The van der Waals surface area contributed by atoms with Gasteiger partial charge in [-0.3, -0.25) is 0 Å². The number of nitrogens with two attached hydrogens (primary N) is 1. The van der Waals surface area contributed by atoms with Gasteiger partial charge in [0, 0.05) is 11.1 Å². The summed E-state index contributed by atoms with van der Waals surface area (Å²) < 4.78 is 25.9. The van der Waals surface area contributed by atoms with Gasteiger partial charge in [-0.2, -0.15) is 5.10 Å². The second-order valence-corrected chi connectivity index (χ2v) is 19.9. The maximum absolute atomic E-state index is 6.54. The molecule has 0 aliphatic carbocycles. The van der Waals surface area contributed by atoms with Crippen molar-refractivity contribution in [2.24, 2.45) is 10.9 Å². The van der Waals surface area contributed by atoms with Crippen LogP contribution in [0.1, 0.15) is 296 Å². The molecule has 0 saturated carbocycles. The third-order valence-electron chi connectivity index (χ3n) is 13.6. The van der Waals surface area contributed by atoms with Crippen LogP contribution in [0.5, 0.6) is 23.0 Å². The lowest BCUT2D eigenvalue weighted by atomic mass is 10.0. The maximum Gasteiger partial charge on any atom is 0.161 e. The molecule has 2 aromatic carbocycles. The van der Waals surface area contributed by atoms with Crippen LogP contribution in [0, 0.1) is 0 Å². The minimum Gasteiger partial charge on any atom is -0.490 e. The number of hydrogen-bond acceptors (Lipinski definition) is 6. The van der Waals surface area contributed by atoms with E-state index in [4.69, 9.17) is 24.8 Å². The van der Waals surface area contributed by atoms with Crippen LogP contribution in [0.4, 0.5) is 0 Å². The molecule has 2 rings (SSSR count). The minimum absolute atomic E-state index is 0.672. The summed E-state index contributed by atoms with van der Waals surface area (Å²) in [5, 5.41) is 4.38. The highest BCUT2D eigenvalue weighted by atomic mass is 16.5. The Morgan fingerprint density at radius 1 is 0.299 bits per heavy atom. The number of hydrogen-bond donors (Lipinski definition) is 1. The van der Waals surface area contributed by atoms with Gasteiger partial charge in [0.25, 0.3) is 0 Å². The normalized spacial score (nSPS) is 11.3. The van der Waals surface area contributed by atoms with Gasteiger partial charge in [-0.15, -0.1) is 0 Å². The van der Waals surface area contributed by atoms with Gasteiger partial charge < -0.3 is 24.8 Å². The highest BCUT2D eigenvalue weighted by Gasteiger charge is 2.16. The minimum atomic E-state index is 0.672. The molecule has 0 saturated heterocycles. The van der Waals surface area contributed by atoms with E-state index in [9.17, 15) is 0 Å². The molecule has 0 aliphatic heterocycles. The molecule has 0 aliphatic rings. The number of benzene rings is 2. The molecule has 67 heavy (non-hydrogen) atoms. The van der Waals surface area contributed by atoms with Crippen molar-refractivity contribution in [2.45, 2.75) is 285 Å². The molecule has 0 bridgehead atoms. The zero-order chi connectivity index (χ0) is 47.9. The monoisotopic (exact) mass is 933 g/mol. The average Bonchev–Trinajstić information content (AvgIpc) is 3.34. The van der Waals surface area contributed by atoms with Gasteiger partial charge in [0.05, 0.1) is 32.1 Å². The second-order valence-electron chi connectivity index (χ2n) is 19.9. The van der Waals surface area contributed by atoms with Gasteiger partial charge in [-0.05, 0) is 62.1 Å². The van der Waals surface area contributed by atoms with Crippen molar-refractivity contribution in [1.29, 1.82) is 0 Å². The fourth-order valence-corrected chi connectivity index (χ4v) is 9.18. The molecule has 0 unspecified atom stereocenters. The Hall–Kier alpha value is -2.89. The number of ether oxygens (including phenoxy) is 4. The van der Waals surface area contributed by atoms with E-state index in [0.717, 1.165) is 59.8 Å². The van der Waals surface area contributed by atoms with E-state index in [0.29, 0.717) is 32.1 Å². The van der Waals surface area contributed by atoms with Crippen LogP contribution < -0.4 is 24.8 Å². The number of nitrogens with zero attached hydrogens (tertiary/aromatic N) is 1. The molecule has 0 heterocycles. The molecule has 0 aromatic heterocycles. The molecule has 0 amide bonds. The topological polar surface area (TPSA) is 75.3 Å². The molecule has 0 radical (unpaired) electrons. The summed E-state index contributed by atoms with van der Waals surface area (Å²) in [5.74, 6) is 9.40. The number of unbranched alkanes of at least 4 members (excludes halogenated alkanes) is 36. The Kier molecular flexibility index (Phi) is 40.9. The van der Waals surface area contributed by atoms with Crippen LogP contribution in [0.3, 0.4) is 0 Å². The molecular formula is C61H108N2O4. The van der Waals surface area contributed by atoms with Crippen molar-refractivity contribution in [2.75, 3.05) is 26.4 Å². The first-order chi connectivity index (χ1) is 33.2. The predicted octanol–water partition coefficient (Wildman–Crippen LogP) is 19.6. The van der Waals surface area contributed by atoms with Crippen molar-refractivity contribution < 1.29 is 18.9 Å². The summed E-state index contributed by atoms with van der Waals surface area (Å²) in [6.45, 7) is 11.9. The van der Waals surface area contributed by atoms with E-state index in [1.165, 1.54) is 231 Å². The predicted molar refractivity (Wildman–Crippen MR) is 292 cm³/mol. The van der Waals surface area contributed by atoms with E-state index in [2.05, 4.69) is 69.2 Å². The average molecular weight is 934 g/mol. The Morgan fingerprint density at radius 2 is 0.507 bits per heavy atom. The summed E-state index contributed by atoms with van der Waals surface area (Å²) in [6, 6.07) is 12.4. The first-order valence-corrected chi connectivity index (χ1v) is 29.3. The summed E-state index contributed by atoms with van der Waals surface area (Å²) >= 11 is 0. The molecular weight excluding hydrogens is 825 g/mol. The highest BCUT2D eigenvalue weighted by Crippen LogP contribution is 2.34. The number of rotatable bonds is 50. The quantitative estimate of drug-likeness (QED) is 0.0310. The molecule has 0 atom stereocenters. The molecule has 6 nitrogen and oxygen atoms in total. The van der Waals surface area contributed by atoms with Gasteiger partial charge in [0.1, 0.15) is 0 Å². The van der Waals surface area contributed by atoms with Gasteiger partial charge in [-0.25, -0.2) is 0 Å². The zero-order valence-corrected chi connectivity index (χ0v) is 44.7. The molecule has 0 spiro atoms. The van der Waals surface area contributed by atoms with E-state index in [1.54, 1.807) is 0 Å². The third-order valence-corrected chi connectivity index (χ3v) is 13.6. The highest BCUT2D eigenvalue weighted by molar-refractivity contribution is 6.13. The van der Waals surface area contributed by atoms with E-state index >= 15 is 0 Å². The maximum atomic E-state index is 6.54. The molecule has 6 heteroatoms. The molecule has 2 N–H and O–H groups in total. The van der Waals surface area contributed by atoms with Crippen molar-refractivity contribution in [1.82, 2.24) is 0 Å². The molecule has 2 aromatic rings. The van der Waals surface area contributed by atoms with E-state index in [-0.39, 0.29) is 0 Å². The van der Waals surface area contributed by atoms with Gasteiger partial charge in [0.15, 0.2) is 23.0 Å². The summed E-state index contributed by atoms with van der Waals surface area (Å²) in [5.41, 5.74) is 2.52. The first kappa shape index (κ1) is 60.2. The standard InChI is InChI=1S/C61H108N2O4/c1-5-9-13-17-21-25-29-33-37-41-49-64-57-47-45-55(53-59(57)66-51-43-39-35-31-27-23-19-15-11-7-3)61(63-62)56-46-48-58(65-50-42-38-34-30-26-22-18-14-10-6-2)60(54-56)67-52-44-40-36-32-28-24-20-16-12-8-4/h45-48,53-54H,5-44,49-52,62H2,1-4H3. The van der Waals surface area contributed by atoms with Gasteiger partial charge in [-0.1, -0.05) is 259 Å². The fourth-order valence-electron chi connectivity index (χ4n) is 9.18. The van der Waals surface area contributed by atoms with Crippen LogP contribution in [-0.4, -0.2) is 32.1 Å². The van der Waals surface area contributed by atoms with Crippen molar-refractivity contribution in [3.8, 4) is 23.0 Å². The second kappa shape index (κ2) is 45.5. The lowest BCUT2D eigenvalue weighted by Gasteiger charge is -2.17. The van der Waals surface area contributed by atoms with Crippen LogP contribution >= 0.6 is 0 Å². The lowest BCUT2D eigenvalue weighted by Crippen LogP contribution is -2.10. The Labute approximate surface area is 415 Å². The van der Waals surface area contributed by atoms with Crippen LogP contribution in [-0.2, 0) is 0 Å². The number of hydrazone groups is 1. The molecule has 386 valence electrons. The van der Waals surface area contributed by atoms with Crippen LogP contribution in [0.15, 0.2) is 41.5 Å². The van der Waals surface area contributed by atoms with Crippen LogP contribution in [0.25, 0.3) is 0 Å².